The summed E-state index contributed by atoms with van der Waals surface area (Å²) in [5.41, 5.74) is 0. The van der Waals surface area contributed by atoms with Crippen molar-refractivity contribution >= 4 is 11.8 Å². The molecule has 0 aromatic heterocycles. The molecule has 0 fully saturated rings. The summed E-state index contributed by atoms with van der Waals surface area (Å²) in [6.45, 7) is 2.70. The van der Waals surface area contributed by atoms with E-state index in [9.17, 15) is 0 Å². The Balaban J connectivity index is 2.21. The molecule has 2 rings (SSSR count). The molecular weight excluding hydrogens is 216 g/mol. The zero-order chi connectivity index (χ0) is 11.2. The summed E-state index contributed by atoms with van der Waals surface area (Å²) >= 11 is 1.73. The van der Waals surface area contributed by atoms with Crippen LogP contribution < -0.4 is 4.74 Å². The van der Waals surface area contributed by atoms with Crippen molar-refractivity contribution in [3.63, 3.8) is 0 Å². The van der Waals surface area contributed by atoms with Gasteiger partial charge >= 0.3 is 0 Å². The summed E-state index contributed by atoms with van der Waals surface area (Å²) in [6.07, 6.45) is 0. The second-order valence-corrected chi connectivity index (χ2v) is 4.41. The lowest BCUT2D eigenvalue weighted by Crippen LogP contribution is -1.92. The summed E-state index contributed by atoms with van der Waals surface area (Å²) in [7, 11) is 0. The van der Waals surface area contributed by atoms with Gasteiger partial charge in [-0.25, -0.2) is 0 Å². The van der Waals surface area contributed by atoms with Crippen LogP contribution in [0.4, 0.5) is 0 Å². The Morgan fingerprint density at radius 1 is 0.938 bits per heavy atom. The van der Waals surface area contributed by atoms with Crippen molar-refractivity contribution in [2.24, 2.45) is 0 Å². The molecule has 0 bridgehead atoms. The van der Waals surface area contributed by atoms with Gasteiger partial charge in [0, 0.05) is 4.90 Å². The summed E-state index contributed by atoms with van der Waals surface area (Å²) < 4.78 is 5.59. The maximum absolute atomic E-state index is 5.59. The van der Waals surface area contributed by atoms with Crippen LogP contribution in [0, 0.1) is 0 Å². The molecule has 2 aromatic rings. The molecule has 0 saturated heterocycles. The molecule has 0 unspecified atom stereocenters. The number of rotatable bonds is 4. The first-order valence-corrected chi connectivity index (χ1v) is 6.16. The maximum Gasteiger partial charge on any atom is 0.133 e. The molecule has 1 nitrogen and oxygen atoms in total. The molecule has 82 valence electrons. The van der Waals surface area contributed by atoms with E-state index in [4.69, 9.17) is 4.74 Å². The molecule has 0 spiro atoms. The van der Waals surface area contributed by atoms with E-state index in [1.807, 2.05) is 43.3 Å². The SMILES string of the molecule is CCOc1ccccc1Sc1ccccc1. The van der Waals surface area contributed by atoms with Crippen LogP contribution in [0.25, 0.3) is 0 Å². The monoisotopic (exact) mass is 230 g/mol. The molecular formula is C14H14OS. The van der Waals surface area contributed by atoms with Gasteiger partial charge in [0.15, 0.2) is 0 Å². The Kier molecular flexibility index (Phi) is 3.89. The number of para-hydroxylation sites is 1. The van der Waals surface area contributed by atoms with E-state index in [2.05, 4.69) is 18.2 Å². The fourth-order valence-corrected chi connectivity index (χ4v) is 2.35. The van der Waals surface area contributed by atoms with Crippen LogP contribution in [0.5, 0.6) is 5.75 Å². The summed E-state index contributed by atoms with van der Waals surface area (Å²) in [5, 5.41) is 0. The predicted octanol–water partition coefficient (Wildman–Crippen LogP) is 4.24. The van der Waals surface area contributed by atoms with Gasteiger partial charge in [-0.1, -0.05) is 42.1 Å². The third-order valence-electron chi connectivity index (χ3n) is 2.12. The lowest BCUT2D eigenvalue weighted by molar-refractivity contribution is 0.332. The molecule has 0 saturated carbocycles. The smallest absolute Gasteiger partial charge is 0.133 e. The van der Waals surface area contributed by atoms with Gasteiger partial charge < -0.3 is 4.74 Å². The molecule has 0 N–H and O–H groups in total. The standard InChI is InChI=1S/C14H14OS/c1-2-15-13-10-6-7-11-14(13)16-12-8-4-3-5-9-12/h3-11H,2H2,1H3. The average Bonchev–Trinajstić information content (AvgIpc) is 2.33. The molecule has 0 aliphatic rings. The van der Waals surface area contributed by atoms with E-state index in [1.165, 1.54) is 4.90 Å². The average molecular weight is 230 g/mol. The molecule has 0 aliphatic carbocycles. The highest BCUT2D eigenvalue weighted by Crippen LogP contribution is 2.34. The minimum atomic E-state index is 0.701. The van der Waals surface area contributed by atoms with E-state index in [0.29, 0.717) is 6.61 Å². The molecule has 0 amide bonds. The van der Waals surface area contributed by atoms with Gasteiger partial charge in [0.25, 0.3) is 0 Å². The molecule has 0 radical (unpaired) electrons. The Morgan fingerprint density at radius 2 is 1.62 bits per heavy atom. The minimum absolute atomic E-state index is 0.701. The van der Waals surface area contributed by atoms with Crippen molar-refractivity contribution in [2.45, 2.75) is 16.7 Å². The highest BCUT2D eigenvalue weighted by Gasteiger charge is 2.03. The van der Waals surface area contributed by atoms with Crippen LogP contribution in [0.3, 0.4) is 0 Å². The van der Waals surface area contributed by atoms with E-state index < -0.39 is 0 Å². The van der Waals surface area contributed by atoms with Crippen LogP contribution in [0.2, 0.25) is 0 Å². The summed E-state index contributed by atoms with van der Waals surface area (Å²) in [5.74, 6) is 0.957. The van der Waals surface area contributed by atoms with E-state index >= 15 is 0 Å². The van der Waals surface area contributed by atoms with Gasteiger partial charge in [-0.2, -0.15) is 0 Å². The number of benzene rings is 2. The normalized spacial score (nSPS) is 10.1. The van der Waals surface area contributed by atoms with Gasteiger partial charge in [0.2, 0.25) is 0 Å². The van der Waals surface area contributed by atoms with Crippen LogP contribution in [0.1, 0.15) is 6.92 Å². The molecule has 16 heavy (non-hydrogen) atoms. The lowest BCUT2D eigenvalue weighted by Gasteiger charge is -2.09. The zero-order valence-corrected chi connectivity index (χ0v) is 10.0. The zero-order valence-electron chi connectivity index (χ0n) is 9.22. The Labute approximate surface area is 100 Å². The van der Waals surface area contributed by atoms with Gasteiger partial charge in [-0.05, 0) is 31.2 Å². The molecule has 2 heteroatoms. The van der Waals surface area contributed by atoms with Crippen molar-refractivity contribution in [3.05, 3.63) is 54.6 Å². The predicted molar refractivity (Wildman–Crippen MR) is 68.2 cm³/mol. The highest BCUT2D eigenvalue weighted by atomic mass is 32.2. The third-order valence-corrected chi connectivity index (χ3v) is 3.19. The Morgan fingerprint density at radius 3 is 2.38 bits per heavy atom. The van der Waals surface area contributed by atoms with E-state index in [0.717, 1.165) is 10.6 Å². The topological polar surface area (TPSA) is 9.23 Å². The van der Waals surface area contributed by atoms with Crippen molar-refractivity contribution in [3.8, 4) is 5.75 Å². The maximum atomic E-state index is 5.59. The van der Waals surface area contributed by atoms with Gasteiger partial charge in [-0.15, -0.1) is 0 Å². The first-order valence-electron chi connectivity index (χ1n) is 5.35. The summed E-state index contributed by atoms with van der Waals surface area (Å²) in [4.78, 5) is 2.39. The lowest BCUT2D eigenvalue weighted by atomic mass is 10.3. The third kappa shape index (κ3) is 2.80. The second kappa shape index (κ2) is 5.61. The first kappa shape index (κ1) is 11.1. The fraction of sp³-hybridized carbons (Fsp3) is 0.143. The molecule has 2 aromatic carbocycles. The highest BCUT2D eigenvalue weighted by molar-refractivity contribution is 7.99. The van der Waals surface area contributed by atoms with Gasteiger partial charge in [-0.3, -0.25) is 0 Å². The second-order valence-electron chi connectivity index (χ2n) is 3.29. The van der Waals surface area contributed by atoms with Crippen molar-refractivity contribution in [2.75, 3.05) is 6.61 Å². The van der Waals surface area contributed by atoms with Gasteiger partial charge in [0.1, 0.15) is 5.75 Å². The largest absolute Gasteiger partial charge is 0.493 e. The fourth-order valence-electron chi connectivity index (χ4n) is 1.42. The minimum Gasteiger partial charge on any atom is -0.493 e. The van der Waals surface area contributed by atoms with Crippen molar-refractivity contribution < 1.29 is 4.74 Å². The number of hydrogen-bond acceptors (Lipinski definition) is 2. The molecule has 0 atom stereocenters. The number of hydrogen-bond donors (Lipinski definition) is 0. The van der Waals surface area contributed by atoms with E-state index in [1.54, 1.807) is 11.8 Å². The van der Waals surface area contributed by atoms with Crippen LogP contribution in [-0.4, -0.2) is 6.61 Å². The Bertz CT molecular complexity index is 439. The molecule has 0 heterocycles. The van der Waals surface area contributed by atoms with Crippen molar-refractivity contribution in [1.82, 2.24) is 0 Å². The van der Waals surface area contributed by atoms with Crippen LogP contribution in [0.15, 0.2) is 64.4 Å². The van der Waals surface area contributed by atoms with Crippen LogP contribution in [-0.2, 0) is 0 Å². The van der Waals surface area contributed by atoms with Crippen LogP contribution >= 0.6 is 11.8 Å². The quantitative estimate of drug-likeness (QED) is 0.777. The summed E-state index contributed by atoms with van der Waals surface area (Å²) in [6, 6.07) is 18.5. The van der Waals surface area contributed by atoms with Gasteiger partial charge in [0.05, 0.1) is 11.5 Å². The van der Waals surface area contributed by atoms with Crippen molar-refractivity contribution in [1.29, 1.82) is 0 Å². The van der Waals surface area contributed by atoms with E-state index in [-0.39, 0.29) is 0 Å². The first-order chi connectivity index (χ1) is 7.90. The Hall–Kier alpha value is -1.41. The number of ether oxygens (including phenoxy) is 1. The molecule has 0 aliphatic heterocycles.